The molecule has 25 heavy (non-hydrogen) atoms. The summed E-state index contributed by atoms with van der Waals surface area (Å²) in [6, 6.07) is 2.00. The van der Waals surface area contributed by atoms with Gasteiger partial charge in [-0.1, -0.05) is 0 Å². The fraction of sp³-hybridized carbons (Fsp3) is 0.500. The van der Waals surface area contributed by atoms with Gasteiger partial charge in [-0.3, -0.25) is 9.78 Å². The molecule has 2 aliphatic heterocycles. The Morgan fingerprint density at radius 2 is 2.36 bits per heavy atom. The van der Waals surface area contributed by atoms with Crippen molar-refractivity contribution in [2.45, 2.75) is 37.9 Å². The molecule has 1 amide bonds. The number of thiophene rings is 1. The number of likely N-dealkylation sites (tertiary alicyclic amines) is 1. The van der Waals surface area contributed by atoms with Gasteiger partial charge in [0.2, 0.25) is 11.8 Å². The third kappa shape index (κ3) is 3.67. The van der Waals surface area contributed by atoms with Crippen LogP contribution in [0, 0.1) is 6.92 Å². The number of amides is 1. The highest BCUT2D eigenvalue weighted by molar-refractivity contribution is 7.08. The Morgan fingerprint density at radius 3 is 3.12 bits per heavy atom. The highest BCUT2D eigenvalue weighted by Gasteiger charge is 2.49. The van der Waals surface area contributed by atoms with Crippen LogP contribution in [0.4, 0.5) is 0 Å². The van der Waals surface area contributed by atoms with Gasteiger partial charge in [-0.2, -0.15) is 11.3 Å². The number of carbonyl (C=O) groups is 1. The summed E-state index contributed by atoms with van der Waals surface area (Å²) in [6.07, 6.45) is 5.50. The summed E-state index contributed by atoms with van der Waals surface area (Å²) in [4.78, 5) is 22.7. The molecule has 7 heteroatoms. The molecule has 2 aliphatic rings. The van der Waals surface area contributed by atoms with E-state index >= 15 is 0 Å². The van der Waals surface area contributed by atoms with E-state index < -0.39 is 0 Å². The van der Waals surface area contributed by atoms with Crippen molar-refractivity contribution in [3.05, 3.63) is 40.5 Å². The maximum absolute atomic E-state index is 12.4. The first kappa shape index (κ1) is 16.5. The van der Waals surface area contributed by atoms with Crippen LogP contribution in [-0.2, 0) is 16.0 Å². The van der Waals surface area contributed by atoms with E-state index in [0.29, 0.717) is 32.0 Å². The quantitative estimate of drug-likeness (QED) is 0.838. The van der Waals surface area contributed by atoms with Crippen molar-refractivity contribution >= 4 is 17.2 Å². The van der Waals surface area contributed by atoms with E-state index in [1.165, 1.54) is 0 Å². The molecule has 1 spiro atoms. The minimum absolute atomic E-state index is 0.0546. The average Bonchev–Trinajstić information content (AvgIpc) is 3.05. The molecule has 4 rings (SSSR count). The van der Waals surface area contributed by atoms with Gasteiger partial charge >= 0.3 is 0 Å². The molecule has 0 bridgehead atoms. The van der Waals surface area contributed by atoms with Crippen molar-refractivity contribution in [1.82, 2.24) is 14.9 Å². The molecule has 132 valence electrons. The van der Waals surface area contributed by atoms with Gasteiger partial charge in [0.25, 0.3) is 0 Å². The first-order valence-corrected chi connectivity index (χ1v) is 9.44. The van der Waals surface area contributed by atoms with Crippen molar-refractivity contribution in [2.75, 3.05) is 19.7 Å². The lowest BCUT2D eigenvalue weighted by atomic mass is 9.84. The molecule has 1 atom stereocenters. The highest BCUT2D eigenvalue weighted by atomic mass is 32.1. The largest absolute Gasteiger partial charge is 0.473 e. The fourth-order valence-electron chi connectivity index (χ4n) is 3.48. The normalized spacial score (nSPS) is 21.8. The van der Waals surface area contributed by atoms with Gasteiger partial charge in [-0.15, -0.1) is 0 Å². The van der Waals surface area contributed by atoms with Crippen LogP contribution in [-0.4, -0.2) is 52.2 Å². The first-order chi connectivity index (χ1) is 12.1. The van der Waals surface area contributed by atoms with Crippen molar-refractivity contribution in [3.63, 3.8) is 0 Å². The van der Waals surface area contributed by atoms with Gasteiger partial charge in [0.05, 0.1) is 38.0 Å². The summed E-state index contributed by atoms with van der Waals surface area (Å²) in [5, 5.41) is 4.03. The lowest BCUT2D eigenvalue weighted by molar-refractivity contribution is -0.193. The molecule has 1 unspecified atom stereocenters. The average molecular weight is 359 g/mol. The lowest BCUT2D eigenvalue weighted by Crippen LogP contribution is -2.67. The number of aryl methyl sites for hydroxylation is 1. The summed E-state index contributed by atoms with van der Waals surface area (Å²) in [5.74, 6) is 0.729. The number of hydrogen-bond donors (Lipinski definition) is 0. The fourth-order valence-corrected chi connectivity index (χ4v) is 4.15. The van der Waals surface area contributed by atoms with Crippen molar-refractivity contribution < 1.29 is 14.3 Å². The number of aromatic nitrogens is 2. The second-order valence-electron chi connectivity index (χ2n) is 6.82. The number of rotatable bonds is 4. The Balaban J connectivity index is 1.32. The van der Waals surface area contributed by atoms with Gasteiger partial charge in [0.15, 0.2) is 0 Å². The Hall–Kier alpha value is -1.99. The number of hydrogen-bond acceptors (Lipinski definition) is 6. The standard InChI is InChI=1S/C18H21N3O3S/c1-13-8-19-9-16(20-13)24-15-2-4-23-18(7-15)11-21(12-18)17(22)6-14-3-5-25-10-14/h3,5,8-10,15H,2,4,6-7,11-12H2,1H3. The second-order valence-corrected chi connectivity index (χ2v) is 7.60. The molecule has 4 heterocycles. The smallest absolute Gasteiger partial charge is 0.232 e. The molecule has 2 fully saturated rings. The Morgan fingerprint density at radius 1 is 1.48 bits per heavy atom. The molecular formula is C18H21N3O3S. The monoisotopic (exact) mass is 359 g/mol. The van der Waals surface area contributed by atoms with Crippen LogP contribution in [0.1, 0.15) is 24.1 Å². The zero-order valence-electron chi connectivity index (χ0n) is 14.2. The summed E-state index contributed by atoms with van der Waals surface area (Å²) in [7, 11) is 0. The minimum atomic E-state index is -0.259. The molecule has 2 aromatic rings. The zero-order chi connectivity index (χ0) is 17.3. The first-order valence-electron chi connectivity index (χ1n) is 8.50. The van der Waals surface area contributed by atoms with E-state index in [-0.39, 0.29) is 17.6 Å². The van der Waals surface area contributed by atoms with E-state index in [1.807, 2.05) is 28.7 Å². The van der Waals surface area contributed by atoms with Gasteiger partial charge in [0, 0.05) is 19.0 Å². The molecular weight excluding hydrogens is 338 g/mol. The van der Waals surface area contributed by atoms with Crippen LogP contribution in [0.25, 0.3) is 0 Å². The van der Waals surface area contributed by atoms with E-state index in [4.69, 9.17) is 9.47 Å². The van der Waals surface area contributed by atoms with Gasteiger partial charge < -0.3 is 14.4 Å². The molecule has 0 saturated carbocycles. The predicted molar refractivity (Wildman–Crippen MR) is 93.7 cm³/mol. The van der Waals surface area contributed by atoms with Gasteiger partial charge in [0.1, 0.15) is 11.7 Å². The molecule has 6 nitrogen and oxygen atoms in total. The Bertz CT molecular complexity index is 744. The highest BCUT2D eigenvalue weighted by Crippen LogP contribution is 2.35. The lowest BCUT2D eigenvalue weighted by Gasteiger charge is -2.52. The van der Waals surface area contributed by atoms with Crippen molar-refractivity contribution in [1.29, 1.82) is 0 Å². The topological polar surface area (TPSA) is 64.6 Å². The van der Waals surface area contributed by atoms with Crippen molar-refractivity contribution in [3.8, 4) is 5.88 Å². The number of ether oxygens (including phenoxy) is 2. The SMILES string of the molecule is Cc1cncc(OC2CCOC3(C2)CN(C(=O)Cc2ccsc2)C3)n1. The summed E-state index contributed by atoms with van der Waals surface area (Å²) in [5.41, 5.74) is 1.66. The molecule has 0 radical (unpaired) electrons. The van der Waals surface area contributed by atoms with Crippen LogP contribution in [0.5, 0.6) is 5.88 Å². The molecule has 0 N–H and O–H groups in total. The van der Waals surface area contributed by atoms with Crippen LogP contribution >= 0.6 is 11.3 Å². The number of carbonyl (C=O) groups excluding carboxylic acids is 1. The predicted octanol–water partition coefficient (Wildman–Crippen LogP) is 2.23. The van der Waals surface area contributed by atoms with E-state index in [2.05, 4.69) is 9.97 Å². The minimum Gasteiger partial charge on any atom is -0.473 e. The second kappa shape index (κ2) is 6.72. The maximum Gasteiger partial charge on any atom is 0.232 e. The van der Waals surface area contributed by atoms with E-state index in [9.17, 15) is 4.79 Å². The van der Waals surface area contributed by atoms with Gasteiger partial charge in [-0.25, -0.2) is 4.98 Å². The van der Waals surface area contributed by atoms with Crippen LogP contribution < -0.4 is 4.74 Å². The summed E-state index contributed by atoms with van der Waals surface area (Å²) in [6.45, 7) is 3.84. The van der Waals surface area contributed by atoms with Crippen molar-refractivity contribution in [2.24, 2.45) is 0 Å². The zero-order valence-corrected chi connectivity index (χ0v) is 15.0. The van der Waals surface area contributed by atoms with Crippen LogP contribution in [0.3, 0.4) is 0 Å². The summed E-state index contributed by atoms with van der Waals surface area (Å²) < 4.78 is 12.0. The van der Waals surface area contributed by atoms with Gasteiger partial charge in [-0.05, 0) is 29.3 Å². The maximum atomic E-state index is 12.4. The van der Waals surface area contributed by atoms with Crippen LogP contribution in [0.2, 0.25) is 0 Å². The molecule has 0 aliphatic carbocycles. The molecule has 2 saturated heterocycles. The summed E-state index contributed by atoms with van der Waals surface area (Å²) >= 11 is 1.62. The van der Waals surface area contributed by atoms with E-state index in [1.54, 1.807) is 23.7 Å². The van der Waals surface area contributed by atoms with Crippen LogP contribution in [0.15, 0.2) is 29.2 Å². The Kier molecular flexibility index (Phi) is 4.43. The third-order valence-corrected chi connectivity index (χ3v) is 5.45. The number of nitrogens with zero attached hydrogens (tertiary/aromatic N) is 3. The molecule has 2 aromatic heterocycles. The molecule has 0 aromatic carbocycles. The third-order valence-electron chi connectivity index (χ3n) is 4.71. The Labute approximate surface area is 150 Å². The van der Waals surface area contributed by atoms with E-state index in [0.717, 1.165) is 24.1 Å².